The Kier molecular flexibility index (Phi) is 10.4. The number of carbonyl (C=O) groups excluding carboxylic acids is 1. The van der Waals surface area contributed by atoms with E-state index in [0.717, 1.165) is 52.2 Å². The summed E-state index contributed by atoms with van der Waals surface area (Å²) in [5.74, 6) is 1.17. The quantitative estimate of drug-likeness (QED) is 0.303. The minimum Gasteiger partial charge on any atom is -0.381 e. The molecule has 1 rings (SSSR count). The minimum atomic E-state index is -0.0214. The van der Waals surface area contributed by atoms with Crippen molar-refractivity contribution in [2.45, 2.75) is 26.2 Å². The van der Waals surface area contributed by atoms with E-state index in [1.165, 1.54) is 0 Å². The van der Waals surface area contributed by atoms with Gasteiger partial charge in [-0.2, -0.15) is 0 Å². The van der Waals surface area contributed by atoms with Crippen molar-refractivity contribution in [3.05, 3.63) is 0 Å². The van der Waals surface area contributed by atoms with E-state index in [-0.39, 0.29) is 12.5 Å². The van der Waals surface area contributed by atoms with Crippen LogP contribution in [0.25, 0.3) is 0 Å². The van der Waals surface area contributed by atoms with Gasteiger partial charge in [-0.1, -0.05) is 6.92 Å². The predicted octanol–water partition coefficient (Wildman–Crippen LogP) is 0.121. The number of nitrogens with one attached hydrogen (secondary N) is 3. The first-order valence-electron chi connectivity index (χ1n) is 8.13. The molecule has 1 fully saturated rings. The molecule has 1 unspecified atom stereocenters. The van der Waals surface area contributed by atoms with Crippen molar-refractivity contribution in [1.29, 1.82) is 0 Å². The Balaban J connectivity index is 1.97. The fraction of sp³-hybridized carbons (Fsp3) is 0.867. The van der Waals surface area contributed by atoms with Gasteiger partial charge in [0, 0.05) is 39.3 Å². The normalized spacial score (nSPS) is 18.3. The van der Waals surface area contributed by atoms with E-state index in [2.05, 4.69) is 20.9 Å². The van der Waals surface area contributed by atoms with Crippen molar-refractivity contribution < 1.29 is 14.3 Å². The molecule has 0 radical (unpaired) electrons. The first-order chi connectivity index (χ1) is 10.8. The largest absolute Gasteiger partial charge is 0.381 e. The average Bonchev–Trinajstić information content (AvgIpc) is 3.04. The molecular formula is C15H30N4O3. The van der Waals surface area contributed by atoms with Crippen LogP contribution >= 0.6 is 0 Å². The van der Waals surface area contributed by atoms with Gasteiger partial charge < -0.3 is 25.4 Å². The van der Waals surface area contributed by atoms with Crippen LogP contribution in [0.5, 0.6) is 0 Å². The van der Waals surface area contributed by atoms with E-state index in [0.29, 0.717) is 18.4 Å². The van der Waals surface area contributed by atoms with Crippen LogP contribution in [0, 0.1) is 5.92 Å². The Morgan fingerprint density at radius 2 is 2.18 bits per heavy atom. The third-order valence-electron chi connectivity index (χ3n) is 3.35. The van der Waals surface area contributed by atoms with Crippen LogP contribution in [0.4, 0.5) is 0 Å². The summed E-state index contributed by atoms with van der Waals surface area (Å²) in [7, 11) is 1.69. The number of guanidine groups is 1. The van der Waals surface area contributed by atoms with Gasteiger partial charge in [0.05, 0.1) is 19.8 Å². The van der Waals surface area contributed by atoms with Crippen LogP contribution in [0.3, 0.4) is 0 Å². The van der Waals surface area contributed by atoms with Crippen molar-refractivity contribution in [2.24, 2.45) is 10.9 Å². The Labute approximate surface area is 133 Å². The van der Waals surface area contributed by atoms with Gasteiger partial charge >= 0.3 is 0 Å². The molecule has 128 valence electrons. The van der Waals surface area contributed by atoms with E-state index in [1.807, 2.05) is 6.92 Å². The number of aliphatic imine (C=N–C) groups is 1. The molecule has 22 heavy (non-hydrogen) atoms. The summed E-state index contributed by atoms with van der Waals surface area (Å²) in [6.45, 7) is 6.92. The van der Waals surface area contributed by atoms with Crippen LogP contribution in [0.15, 0.2) is 4.99 Å². The van der Waals surface area contributed by atoms with Crippen molar-refractivity contribution in [2.75, 3.05) is 53.1 Å². The molecule has 0 aromatic rings. The summed E-state index contributed by atoms with van der Waals surface area (Å²) in [5, 5.41) is 8.95. The standard InChI is InChI=1S/C15H30N4O3/c1-3-6-17-14(20)10-19-15(16-2)18-7-4-8-21-11-13-5-9-22-12-13/h13H,3-12H2,1-2H3,(H,17,20)(H2,16,18,19). The van der Waals surface area contributed by atoms with E-state index < -0.39 is 0 Å². The van der Waals surface area contributed by atoms with Gasteiger partial charge in [0.15, 0.2) is 5.96 Å². The molecule has 1 heterocycles. The second-order valence-corrected chi connectivity index (χ2v) is 5.36. The van der Waals surface area contributed by atoms with E-state index in [4.69, 9.17) is 9.47 Å². The van der Waals surface area contributed by atoms with Gasteiger partial charge in [-0.05, 0) is 19.3 Å². The Bertz CT molecular complexity index is 331. The minimum absolute atomic E-state index is 0.0214. The topological polar surface area (TPSA) is 84.0 Å². The van der Waals surface area contributed by atoms with Gasteiger partial charge in [-0.25, -0.2) is 0 Å². The van der Waals surface area contributed by atoms with Crippen LogP contribution in [0.2, 0.25) is 0 Å². The maximum atomic E-state index is 11.5. The zero-order chi connectivity index (χ0) is 16.0. The Morgan fingerprint density at radius 1 is 1.32 bits per heavy atom. The lowest BCUT2D eigenvalue weighted by molar-refractivity contribution is -0.120. The van der Waals surface area contributed by atoms with Crippen molar-refractivity contribution in [3.63, 3.8) is 0 Å². The fourth-order valence-corrected chi connectivity index (χ4v) is 2.06. The summed E-state index contributed by atoms with van der Waals surface area (Å²) in [5.41, 5.74) is 0. The van der Waals surface area contributed by atoms with Crippen LogP contribution in [0.1, 0.15) is 26.2 Å². The molecule has 1 aliphatic rings. The zero-order valence-electron chi connectivity index (χ0n) is 13.8. The number of ether oxygens (including phenoxy) is 2. The first kappa shape index (κ1) is 18.7. The predicted molar refractivity (Wildman–Crippen MR) is 87.0 cm³/mol. The fourth-order valence-electron chi connectivity index (χ4n) is 2.06. The summed E-state index contributed by atoms with van der Waals surface area (Å²) in [4.78, 5) is 15.6. The third kappa shape index (κ3) is 8.84. The highest BCUT2D eigenvalue weighted by Gasteiger charge is 2.15. The maximum Gasteiger partial charge on any atom is 0.239 e. The molecule has 0 aromatic carbocycles. The van der Waals surface area contributed by atoms with Gasteiger partial charge in [-0.3, -0.25) is 9.79 Å². The van der Waals surface area contributed by atoms with Gasteiger partial charge in [-0.15, -0.1) is 0 Å². The van der Waals surface area contributed by atoms with E-state index in [1.54, 1.807) is 7.05 Å². The molecule has 0 spiro atoms. The Hall–Kier alpha value is -1.34. The van der Waals surface area contributed by atoms with Crippen molar-refractivity contribution >= 4 is 11.9 Å². The number of hydrogen-bond acceptors (Lipinski definition) is 4. The SMILES string of the molecule is CCCNC(=O)CNC(=NC)NCCCOCC1CCOC1. The lowest BCUT2D eigenvalue weighted by atomic mass is 10.1. The summed E-state index contributed by atoms with van der Waals surface area (Å²) in [6, 6.07) is 0. The molecule has 0 aliphatic carbocycles. The highest BCUT2D eigenvalue weighted by atomic mass is 16.5. The number of hydrogen-bond donors (Lipinski definition) is 3. The lowest BCUT2D eigenvalue weighted by Gasteiger charge is -2.12. The van der Waals surface area contributed by atoms with Gasteiger partial charge in [0.25, 0.3) is 0 Å². The van der Waals surface area contributed by atoms with Crippen molar-refractivity contribution in [3.8, 4) is 0 Å². The number of carbonyl (C=O) groups is 1. The van der Waals surface area contributed by atoms with E-state index >= 15 is 0 Å². The molecule has 1 aliphatic heterocycles. The monoisotopic (exact) mass is 314 g/mol. The third-order valence-corrected chi connectivity index (χ3v) is 3.35. The average molecular weight is 314 g/mol. The number of amides is 1. The number of rotatable bonds is 10. The zero-order valence-corrected chi connectivity index (χ0v) is 13.8. The first-order valence-corrected chi connectivity index (χ1v) is 8.13. The second-order valence-electron chi connectivity index (χ2n) is 5.36. The molecule has 7 nitrogen and oxygen atoms in total. The maximum absolute atomic E-state index is 11.5. The van der Waals surface area contributed by atoms with Crippen LogP contribution in [-0.2, 0) is 14.3 Å². The van der Waals surface area contributed by atoms with Crippen LogP contribution in [-0.4, -0.2) is 65.0 Å². The highest BCUT2D eigenvalue weighted by Crippen LogP contribution is 2.12. The summed E-state index contributed by atoms with van der Waals surface area (Å²) >= 11 is 0. The van der Waals surface area contributed by atoms with Crippen LogP contribution < -0.4 is 16.0 Å². The van der Waals surface area contributed by atoms with E-state index in [9.17, 15) is 4.79 Å². The molecule has 0 bridgehead atoms. The van der Waals surface area contributed by atoms with Crippen molar-refractivity contribution in [1.82, 2.24) is 16.0 Å². The number of nitrogens with zero attached hydrogens (tertiary/aromatic N) is 1. The highest BCUT2D eigenvalue weighted by molar-refractivity contribution is 5.86. The molecule has 0 saturated carbocycles. The molecule has 3 N–H and O–H groups in total. The van der Waals surface area contributed by atoms with Gasteiger partial charge in [0.2, 0.25) is 5.91 Å². The smallest absolute Gasteiger partial charge is 0.239 e. The molecule has 0 aromatic heterocycles. The molecule has 7 heteroatoms. The summed E-state index contributed by atoms with van der Waals surface area (Å²) in [6.07, 6.45) is 2.94. The van der Waals surface area contributed by atoms with Gasteiger partial charge in [0.1, 0.15) is 0 Å². The molecule has 1 atom stereocenters. The molecule has 1 saturated heterocycles. The second kappa shape index (κ2) is 12.2. The Morgan fingerprint density at radius 3 is 2.86 bits per heavy atom. The molecule has 1 amide bonds. The molecular weight excluding hydrogens is 284 g/mol. The lowest BCUT2D eigenvalue weighted by Crippen LogP contribution is -2.43. The summed E-state index contributed by atoms with van der Waals surface area (Å²) < 4.78 is 10.9.